The number of nitrogens with one attached hydrogen (secondary N) is 1. The third-order valence-corrected chi connectivity index (χ3v) is 4.78. The number of rotatable bonds is 9. The highest BCUT2D eigenvalue weighted by molar-refractivity contribution is 5.68. The second-order valence-corrected chi connectivity index (χ2v) is 6.37. The average molecular weight is 332 g/mol. The number of benzene rings is 1. The van der Waals surface area contributed by atoms with Crippen LogP contribution in [0.2, 0.25) is 0 Å². The van der Waals surface area contributed by atoms with Gasteiger partial charge in [0.05, 0.1) is 19.8 Å². The van der Waals surface area contributed by atoms with Gasteiger partial charge in [-0.05, 0) is 24.5 Å². The lowest BCUT2D eigenvalue weighted by Crippen LogP contribution is -2.28. The molecule has 1 saturated heterocycles. The van der Waals surface area contributed by atoms with Gasteiger partial charge in [-0.1, -0.05) is 45.2 Å². The van der Waals surface area contributed by atoms with Crippen LogP contribution in [-0.2, 0) is 4.74 Å². The average Bonchev–Trinajstić information content (AvgIpc) is 3.07. The van der Waals surface area contributed by atoms with Gasteiger partial charge in [-0.25, -0.2) is 0 Å². The molecule has 4 nitrogen and oxygen atoms in total. The Labute approximate surface area is 146 Å². The molecule has 1 N–H and O–H groups in total. The van der Waals surface area contributed by atoms with Crippen LogP contribution >= 0.6 is 0 Å². The van der Waals surface area contributed by atoms with Gasteiger partial charge < -0.3 is 19.7 Å². The van der Waals surface area contributed by atoms with Crippen molar-refractivity contribution >= 4 is 5.76 Å². The van der Waals surface area contributed by atoms with Crippen molar-refractivity contribution in [3.8, 4) is 5.75 Å². The molecule has 1 fully saturated rings. The standard InChI is InChI=1S/C20H32N2O2/c1-5-7-10-16(6-2)15-22-14-13-21-20(22)19(24-4)17-11-8-9-12-18(17)23-3/h8-9,11-12,16,21H,5-7,10,13-15H2,1-4H3. The highest BCUT2D eigenvalue weighted by Crippen LogP contribution is 2.30. The Kier molecular flexibility index (Phi) is 7.29. The first-order chi connectivity index (χ1) is 11.7. The fourth-order valence-electron chi connectivity index (χ4n) is 3.33. The van der Waals surface area contributed by atoms with Crippen molar-refractivity contribution in [1.82, 2.24) is 10.2 Å². The zero-order valence-electron chi connectivity index (χ0n) is 15.6. The molecule has 0 amide bonds. The van der Waals surface area contributed by atoms with E-state index in [0.29, 0.717) is 0 Å². The van der Waals surface area contributed by atoms with Crippen molar-refractivity contribution in [3.05, 3.63) is 35.6 Å². The molecule has 1 aromatic rings. The maximum absolute atomic E-state index is 5.78. The van der Waals surface area contributed by atoms with Crippen molar-refractivity contribution < 1.29 is 9.47 Å². The smallest absolute Gasteiger partial charge is 0.169 e. The lowest BCUT2D eigenvalue weighted by molar-refractivity contribution is 0.281. The third-order valence-electron chi connectivity index (χ3n) is 4.78. The fourth-order valence-corrected chi connectivity index (χ4v) is 3.33. The van der Waals surface area contributed by atoms with Gasteiger partial charge in [0.1, 0.15) is 11.6 Å². The molecule has 0 aromatic heterocycles. The van der Waals surface area contributed by atoms with Crippen molar-refractivity contribution in [3.63, 3.8) is 0 Å². The number of nitrogens with zero attached hydrogens (tertiary/aromatic N) is 1. The molecular formula is C20H32N2O2. The zero-order chi connectivity index (χ0) is 17.4. The summed E-state index contributed by atoms with van der Waals surface area (Å²) in [6.07, 6.45) is 5.10. The van der Waals surface area contributed by atoms with Gasteiger partial charge in [0.2, 0.25) is 0 Å². The van der Waals surface area contributed by atoms with Gasteiger partial charge in [0.15, 0.2) is 5.76 Å². The van der Waals surface area contributed by atoms with Gasteiger partial charge >= 0.3 is 0 Å². The predicted octanol–water partition coefficient (Wildman–Crippen LogP) is 4.09. The Hall–Kier alpha value is -1.84. The second kappa shape index (κ2) is 9.45. The van der Waals surface area contributed by atoms with Crippen LogP contribution in [0.3, 0.4) is 0 Å². The molecule has 0 aliphatic carbocycles. The van der Waals surface area contributed by atoms with E-state index in [0.717, 1.165) is 48.4 Å². The molecule has 0 bridgehead atoms. The van der Waals surface area contributed by atoms with E-state index in [1.54, 1.807) is 14.2 Å². The van der Waals surface area contributed by atoms with Crippen molar-refractivity contribution in [2.24, 2.45) is 5.92 Å². The molecule has 134 valence electrons. The first-order valence-corrected chi connectivity index (χ1v) is 9.15. The van der Waals surface area contributed by atoms with E-state index in [4.69, 9.17) is 9.47 Å². The predicted molar refractivity (Wildman–Crippen MR) is 99.8 cm³/mol. The highest BCUT2D eigenvalue weighted by atomic mass is 16.5. The molecule has 2 rings (SSSR count). The topological polar surface area (TPSA) is 33.7 Å². The van der Waals surface area contributed by atoms with Crippen LogP contribution in [0, 0.1) is 5.92 Å². The molecular weight excluding hydrogens is 300 g/mol. The first kappa shape index (κ1) is 18.5. The summed E-state index contributed by atoms with van der Waals surface area (Å²) < 4.78 is 11.3. The monoisotopic (exact) mass is 332 g/mol. The maximum Gasteiger partial charge on any atom is 0.169 e. The lowest BCUT2D eigenvalue weighted by Gasteiger charge is -2.26. The number of methoxy groups -OCH3 is 2. The van der Waals surface area contributed by atoms with Gasteiger partial charge in [-0.2, -0.15) is 0 Å². The van der Waals surface area contributed by atoms with Crippen LogP contribution in [0.15, 0.2) is 30.1 Å². The molecule has 1 atom stereocenters. The van der Waals surface area contributed by atoms with Gasteiger partial charge in [-0.3, -0.25) is 0 Å². The molecule has 0 radical (unpaired) electrons. The summed E-state index contributed by atoms with van der Waals surface area (Å²) in [5.74, 6) is 3.54. The Morgan fingerprint density at radius 2 is 2.04 bits per heavy atom. The summed E-state index contributed by atoms with van der Waals surface area (Å²) in [6, 6.07) is 8.03. The summed E-state index contributed by atoms with van der Waals surface area (Å²) in [6.45, 7) is 7.63. The van der Waals surface area contributed by atoms with Crippen molar-refractivity contribution in [2.45, 2.75) is 39.5 Å². The molecule has 0 saturated carbocycles. The summed E-state index contributed by atoms with van der Waals surface area (Å²) in [7, 11) is 3.44. The van der Waals surface area contributed by atoms with Crippen LogP contribution in [-0.4, -0.2) is 38.8 Å². The van der Waals surface area contributed by atoms with E-state index in [9.17, 15) is 0 Å². The largest absolute Gasteiger partial charge is 0.496 e. The van der Waals surface area contributed by atoms with Gasteiger partial charge in [0.25, 0.3) is 0 Å². The Bertz CT molecular complexity index is 542. The maximum atomic E-state index is 5.78. The number of ether oxygens (including phenoxy) is 2. The van der Waals surface area contributed by atoms with E-state index in [1.165, 1.54) is 25.7 Å². The van der Waals surface area contributed by atoms with E-state index < -0.39 is 0 Å². The van der Waals surface area contributed by atoms with Crippen LogP contribution in [0.4, 0.5) is 0 Å². The summed E-state index contributed by atoms with van der Waals surface area (Å²) in [5, 5.41) is 3.52. The normalized spacial score (nSPS) is 17.4. The van der Waals surface area contributed by atoms with Crippen LogP contribution in [0.5, 0.6) is 5.75 Å². The summed E-state index contributed by atoms with van der Waals surface area (Å²) in [4.78, 5) is 2.44. The minimum atomic E-state index is 0.732. The summed E-state index contributed by atoms with van der Waals surface area (Å²) in [5.41, 5.74) is 0.999. The molecule has 1 unspecified atom stereocenters. The van der Waals surface area contributed by atoms with Crippen LogP contribution in [0.25, 0.3) is 5.76 Å². The van der Waals surface area contributed by atoms with Crippen LogP contribution in [0.1, 0.15) is 45.1 Å². The summed E-state index contributed by atoms with van der Waals surface area (Å²) >= 11 is 0. The van der Waals surface area contributed by atoms with Crippen molar-refractivity contribution in [1.29, 1.82) is 0 Å². The van der Waals surface area contributed by atoms with Gasteiger partial charge in [-0.15, -0.1) is 0 Å². The molecule has 4 heteroatoms. The Morgan fingerprint density at radius 3 is 2.71 bits per heavy atom. The van der Waals surface area contributed by atoms with E-state index in [-0.39, 0.29) is 0 Å². The number of hydrogen-bond donors (Lipinski definition) is 1. The quantitative estimate of drug-likeness (QED) is 0.691. The molecule has 1 aliphatic rings. The highest BCUT2D eigenvalue weighted by Gasteiger charge is 2.25. The minimum absolute atomic E-state index is 0.732. The number of hydrogen-bond acceptors (Lipinski definition) is 4. The number of unbranched alkanes of at least 4 members (excludes halogenated alkanes) is 1. The van der Waals surface area contributed by atoms with Crippen LogP contribution < -0.4 is 10.1 Å². The lowest BCUT2D eigenvalue weighted by atomic mass is 9.99. The second-order valence-electron chi connectivity index (χ2n) is 6.37. The SMILES string of the molecule is CCCCC(CC)CN1CCNC1=C(OC)c1ccccc1OC. The van der Waals surface area contributed by atoms with Gasteiger partial charge in [0, 0.05) is 19.6 Å². The first-order valence-electron chi connectivity index (χ1n) is 9.15. The Balaban J connectivity index is 2.26. The molecule has 1 heterocycles. The van der Waals surface area contributed by atoms with E-state index in [2.05, 4.69) is 30.1 Å². The van der Waals surface area contributed by atoms with E-state index in [1.807, 2.05) is 18.2 Å². The minimum Gasteiger partial charge on any atom is -0.496 e. The molecule has 1 aromatic carbocycles. The Morgan fingerprint density at radius 1 is 1.25 bits per heavy atom. The fraction of sp³-hybridized carbons (Fsp3) is 0.600. The zero-order valence-corrected chi connectivity index (χ0v) is 15.6. The van der Waals surface area contributed by atoms with Crippen molar-refractivity contribution in [2.75, 3.05) is 33.9 Å². The molecule has 1 aliphatic heterocycles. The van der Waals surface area contributed by atoms with E-state index >= 15 is 0 Å². The number of para-hydroxylation sites is 1. The third kappa shape index (κ3) is 4.37. The molecule has 24 heavy (non-hydrogen) atoms. The molecule has 0 spiro atoms.